The standard InChI is InChI=1S/C20H22FN3O4/c1-3-11-28-17-10-9-14(12-18(17)27-4-2)13-22-24-20(26)19(25)23-16-8-6-5-7-15(16)21/h5-10,12-13H,3-4,11H2,1-2H3,(H,23,25)(H,24,26). The van der Waals surface area contributed by atoms with Crippen molar-refractivity contribution in [3.05, 3.63) is 53.8 Å². The monoisotopic (exact) mass is 387 g/mol. The van der Waals surface area contributed by atoms with Gasteiger partial charge in [-0.2, -0.15) is 5.10 Å². The number of amides is 2. The van der Waals surface area contributed by atoms with Gasteiger partial charge in [0.2, 0.25) is 0 Å². The third kappa shape index (κ3) is 6.08. The van der Waals surface area contributed by atoms with Gasteiger partial charge in [0.05, 0.1) is 25.1 Å². The van der Waals surface area contributed by atoms with E-state index < -0.39 is 17.6 Å². The molecule has 0 heterocycles. The predicted octanol–water partition coefficient (Wildman–Crippen LogP) is 3.10. The number of para-hydroxylation sites is 1. The van der Waals surface area contributed by atoms with Gasteiger partial charge in [0.1, 0.15) is 5.82 Å². The van der Waals surface area contributed by atoms with E-state index in [0.717, 1.165) is 6.42 Å². The summed E-state index contributed by atoms with van der Waals surface area (Å²) in [6.07, 6.45) is 2.23. The highest BCUT2D eigenvalue weighted by atomic mass is 19.1. The normalized spacial score (nSPS) is 10.5. The van der Waals surface area contributed by atoms with Crippen molar-refractivity contribution in [3.8, 4) is 11.5 Å². The van der Waals surface area contributed by atoms with Crippen molar-refractivity contribution in [2.45, 2.75) is 20.3 Å². The lowest BCUT2D eigenvalue weighted by molar-refractivity contribution is -0.136. The smallest absolute Gasteiger partial charge is 0.329 e. The maximum Gasteiger partial charge on any atom is 0.329 e. The number of hydrogen-bond donors (Lipinski definition) is 2. The molecule has 0 radical (unpaired) electrons. The largest absolute Gasteiger partial charge is 0.490 e. The Labute approximate surface area is 162 Å². The van der Waals surface area contributed by atoms with Crippen LogP contribution in [0.3, 0.4) is 0 Å². The number of rotatable bonds is 8. The molecule has 7 nitrogen and oxygen atoms in total. The average Bonchev–Trinajstić information content (AvgIpc) is 2.69. The van der Waals surface area contributed by atoms with Crippen molar-refractivity contribution in [2.24, 2.45) is 5.10 Å². The molecule has 0 atom stereocenters. The number of benzene rings is 2. The zero-order valence-corrected chi connectivity index (χ0v) is 15.7. The number of carbonyl (C=O) groups is 2. The van der Waals surface area contributed by atoms with E-state index in [2.05, 4.69) is 15.8 Å². The van der Waals surface area contributed by atoms with E-state index in [9.17, 15) is 14.0 Å². The van der Waals surface area contributed by atoms with Gasteiger partial charge in [-0.15, -0.1) is 0 Å². The molecule has 2 aromatic carbocycles. The highest BCUT2D eigenvalue weighted by molar-refractivity contribution is 6.39. The Kier molecular flexibility index (Phi) is 7.95. The van der Waals surface area contributed by atoms with Gasteiger partial charge < -0.3 is 14.8 Å². The molecule has 0 spiro atoms. The molecule has 0 saturated heterocycles. The van der Waals surface area contributed by atoms with Crippen molar-refractivity contribution >= 4 is 23.7 Å². The van der Waals surface area contributed by atoms with Gasteiger partial charge in [0.25, 0.3) is 0 Å². The first kappa shape index (κ1) is 20.9. The topological polar surface area (TPSA) is 89.0 Å². The molecule has 0 aliphatic carbocycles. The second-order valence-electron chi connectivity index (χ2n) is 5.62. The SMILES string of the molecule is CCCOc1ccc(C=NNC(=O)C(=O)Nc2ccccc2F)cc1OCC. The van der Waals surface area contributed by atoms with E-state index in [1.807, 2.05) is 13.8 Å². The van der Waals surface area contributed by atoms with Gasteiger partial charge in [-0.05, 0) is 49.2 Å². The van der Waals surface area contributed by atoms with E-state index in [0.29, 0.717) is 30.3 Å². The maximum atomic E-state index is 13.5. The lowest BCUT2D eigenvalue weighted by Crippen LogP contribution is -2.32. The van der Waals surface area contributed by atoms with Crippen LogP contribution in [0, 0.1) is 5.82 Å². The summed E-state index contributed by atoms with van der Waals surface area (Å²) in [4.78, 5) is 23.6. The van der Waals surface area contributed by atoms with Crippen LogP contribution in [-0.2, 0) is 9.59 Å². The molecule has 0 aliphatic rings. The summed E-state index contributed by atoms with van der Waals surface area (Å²) in [6.45, 7) is 4.90. The van der Waals surface area contributed by atoms with Gasteiger partial charge in [-0.1, -0.05) is 19.1 Å². The second-order valence-corrected chi connectivity index (χ2v) is 5.62. The number of carbonyl (C=O) groups excluding carboxylic acids is 2. The first-order chi connectivity index (χ1) is 13.5. The second kappa shape index (κ2) is 10.7. The molecular weight excluding hydrogens is 365 g/mol. The highest BCUT2D eigenvalue weighted by Crippen LogP contribution is 2.28. The van der Waals surface area contributed by atoms with E-state index in [1.54, 1.807) is 24.3 Å². The lowest BCUT2D eigenvalue weighted by Gasteiger charge is -2.11. The van der Waals surface area contributed by atoms with E-state index in [4.69, 9.17) is 9.47 Å². The molecule has 148 valence electrons. The van der Waals surface area contributed by atoms with Crippen molar-refractivity contribution in [3.63, 3.8) is 0 Å². The third-order valence-electron chi connectivity index (χ3n) is 3.44. The Morgan fingerprint density at radius 3 is 2.57 bits per heavy atom. The Bertz CT molecular complexity index is 855. The van der Waals surface area contributed by atoms with Gasteiger partial charge in [0, 0.05) is 0 Å². The quantitative estimate of drug-likeness (QED) is 0.414. The van der Waals surface area contributed by atoms with Crippen LogP contribution < -0.4 is 20.2 Å². The minimum atomic E-state index is -1.03. The Balaban J connectivity index is 1.97. The first-order valence-corrected chi connectivity index (χ1v) is 8.83. The molecule has 28 heavy (non-hydrogen) atoms. The molecular formula is C20H22FN3O4. The first-order valence-electron chi connectivity index (χ1n) is 8.83. The molecule has 2 N–H and O–H groups in total. The molecule has 0 saturated carbocycles. The zero-order chi connectivity index (χ0) is 20.4. The van der Waals surface area contributed by atoms with Crippen LogP contribution >= 0.6 is 0 Å². The van der Waals surface area contributed by atoms with Gasteiger partial charge in [0.15, 0.2) is 11.5 Å². The van der Waals surface area contributed by atoms with E-state index in [-0.39, 0.29) is 5.69 Å². The van der Waals surface area contributed by atoms with Gasteiger partial charge in [-0.3, -0.25) is 9.59 Å². The van der Waals surface area contributed by atoms with Crippen LogP contribution in [0.5, 0.6) is 11.5 Å². The molecule has 0 unspecified atom stereocenters. The summed E-state index contributed by atoms with van der Waals surface area (Å²) in [6, 6.07) is 10.7. The zero-order valence-electron chi connectivity index (χ0n) is 15.7. The summed E-state index contributed by atoms with van der Waals surface area (Å²) in [7, 11) is 0. The predicted molar refractivity (Wildman–Crippen MR) is 104 cm³/mol. The molecule has 2 amide bonds. The molecule has 2 aromatic rings. The molecule has 8 heteroatoms. The number of ether oxygens (including phenoxy) is 2. The van der Waals surface area contributed by atoms with Crippen LogP contribution in [0.25, 0.3) is 0 Å². The number of hydrazone groups is 1. The summed E-state index contributed by atoms with van der Waals surface area (Å²) in [5.74, 6) is -1.51. The lowest BCUT2D eigenvalue weighted by atomic mass is 10.2. The fourth-order valence-corrected chi connectivity index (χ4v) is 2.16. The molecule has 0 fully saturated rings. The minimum Gasteiger partial charge on any atom is -0.490 e. The Morgan fingerprint density at radius 2 is 1.86 bits per heavy atom. The number of anilines is 1. The number of halogens is 1. The molecule has 0 aliphatic heterocycles. The number of hydrogen-bond acceptors (Lipinski definition) is 5. The molecule has 0 aromatic heterocycles. The third-order valence-corrected chi connectivity index (χ3v) is 3.44. The Hall–Kier alpha value is -3.42. The summed E-state index contributed by atoms with van der Waals surface area (Å²) < 4.78 is 24.7. The highest BCUT2D eigenvalue weighted by Gasteiger charge is 2.14. The van der Waals surface area contributed by atoms with Crippen LogP contribution in [0.15, 0.2) is 47.6 Å². The van der Waals surface area contributed by atoms with E-state index in [1.165, 1.54) is 24.4 Å². The fourth-order valence-electron chi connectivity index (χ4n) is 2.16. The van der Waals surface area contributed by atoms with Crippen molar-refractivity contribution in [2.75, 3.05) is 18.5 Å². The summed E-state index contributed by atoms with van der Waals surface area (Å²) in [5, 5.41) is 5.92. The number of nitrogens with zero attached hydrogens (tertiary/aromatic N) is 1. The maximum absolute atomic E-state index is 13.5. The Morgan fingerprint density at radius 1 is 1.07 bits per heavy atom. The van der Waals surface area contributed by atoms with Crippen molar-refractivity contribution in [1.29, 1.82) is 0 Å². The van der Waals surface area contributed by atoms with Crippen molar-refractivity contribution < 1.29 is 23.5 Å². The van der Waals surface area contributed by atoms with Gasteiger partial charge in [-0.25, -0.2) is 9.82 Å². The fraction of sp³-hybridized carbons (Fsp3) is 0.250. The minimum absolute atomic E-state index is 0.0874. The van der Waals surface area contributed by atoms with Crippen LogP contribution in [0.1, 0.15) is 25.8 Å². The van der Waals surface area contributed by atoms with Gasteiger partial charge >= 0.3 is 11.8 Å². The van der Waals surface area contributed by atoms with Crippen LogP contribution in [-0.4, -0.2) is 31.2 Å². The molecule has 0 bridgehead atoms. The van der Waals surface area contributed by atoms with Crippen LogP contribution in [0.4, 0.5) is 10.1 Å². The molecule has 2 rings (SSSR count). The summed E-state index contributed by atoms with van der Waals surface area (Å²) >= 11 is 0. The van der Waals surface area contributed by atoms with Crippen LogP contribution in [0.2, 0.25) is 0 Å². The van der Waals surface area contributed by atoms with Crippen molar-refractivity contribution in [1.82, 2.24) is 5.43 Å². The van der Waals surface area contributed by atoms with E-state index >= 15 is 0 Å². The average molecular weight is 387 g/mol. The number of nitrogens with one attached hydrogen (secondary N) is 2. The summed E-state index contributed by atoms with van der Waals surface area (Å²) in [5.41, 5.74) is 2.65.